The number of amides is 1. The van der Waals surface area contributed by atoms with Crippen LogP contribution in [0.5, 0.6) is 11.5 Å². The Morgan fingerprint density at radius 1 is 0.970 bits per heavy atom. The Labute approximate surface area is 194 Å². The molecule has 1 N–H and O–H groups in total. The van der Waals surface area contributed by atoms with Crippen LogP contribution < -0.4 is 14.8 Å². The minimum Gasteiger partial charge on any atom is -0.497 e. The molecule has 0 saturated heterocycles. The molecule has 0 unspecified atom stereocenters. The predicted molar refractivity (Wildman–Crippen MR) is 125 cm³/mol. The van der Waals surface area contributed by atoms with Crippen LogP contribution in [0, 0.1) is 0 Å². The van der Waals surface area contributed by atoms with Crippen LogP contribution in [-0.4, -0.2) is 42.5 Å². The summed E-state index contributed by atoms with van der Waals surface area (Å²) in [5, 5.41) is 9.19. The fraction of sp³-hybridized carbons (Fsp3) is 0.125. The third-order valence-electron chi connectivity index (χ3n) is 4.66. The second-order valence-corrected chi connectivity index (χ2v) is 7.81. The molecule has 33 heavy (non-hydrogen) atoms. The van der Waals surface area contributed by atoms with Gasteiger partial charge in [-0.1, -0.05) is 24.3 Å². The fourth-order valence-electron chi connectivity index (χ4n) is 3.12. The lowest BCUT2D eigenvalue weighted by Crippen LogP contribution is -2.22. The Morgan fingerprint density at radius 2 is 1.70 bits per heavy atom. The summed E-state index contributed by atoms with van der Waals surface area (Å²) in [6.45, 7) is -0.466. The average Bonchev–Trinajstić information content (AvgIpc) is 3.53. The van der Waals surface area contributed by atoms with Gasteiger partial charge in [0.1, 0.15) is 17.2 Å². The van der Waals surface area contributed by atoms with E-state index >= 15 is 0 Å². The van der Waals surface area contributed by atoms with Crippen molar-refractivity contribution in [1.29, 1.82) is 0 Å². The summed E-state index contributed by atoms with van der Waals surface area (Å²) in [5.41, 5.74) is 2.04. The number of nitrogens with one attached hydrogen (secondary N) is 1. The van der Waals surface area contributed by atoms with Gasteiger partial charge in [0.15, 0.2) is 12.3 Å². The molecule has 9 heteroatoms. The van der Waals surface area contributed by atoms with E-state index in [2.05, 4.69) is 10.4 Å². The molecular weight excluding hydrogens is 442 g/mol. The highest BCUT2D eigenvalue weighted by molar-refractivity contribution is 7.13. The summed E-state index contributed by atoms with van der Waals surface area (Å²) < 4.78 is 17.2. The predicted octanol–water partition coefficient (Wildman–Crippen LogP) is 4.41. The van der Waals surface area contributed by atoms with Crippen LogP contribution >= 0.6 is 11.3 Å². The first-order valence-corrected chi connectivity index (χ1v) is 10.8. The van der Waals surface area contributed by atoms with Gasteiger partial charge in [0.2, 0.25) is 0 Å². The number of thiophene rings is 1. The Balaban J connectivity index is 1.50. The molecule has 2 aromatic heterocycles. The van der Waals surface area contributed by atoms with Gasteiger partial charge in [-0.3, -0.25) is 4.79 Å². The van der Waals surface area contributed by atoms with E-state index < -0.39 is 18.5 Å². The van der Waals surface area contributed by atoms with Gasteiger partial charge in [-0.2, -0.15) is 5.10 Å². The number of hydrogen-bond donors (Lipinski definition) is 1. The number of nitrogens with zero attached hydrogens (tertiary/aromatic N) is 2. The highest BCUT2D eigenvalue weighted by Gasteiger charge is 2.20. The van der Waals surface area contributed by atoms with E-state index in [9.17, 15) is 9.59 Å². The lowest BCUT2D eigenvalue weighted by molar-refractivity contribution is -0.119. The molecule has 0 aliphatic heterocycles. The molecular formula is C24H21N3O5S. The molecule has 0 radical (unpaired) electrons. The minimum atomic E-state index is -0.660. The first-order valence-electron chi connectivity index (χ1n) is 9.97. The van der Waals surface area contributed by atoms with E-state index in [1.54, 1.807) is 24.3 Å². The van der Waals surface area contributed by atoms with Crippen molar-refractivity contribution in [3.63, 3.8) is 0 Å². The monoisotopic (exact) mass is 463 g/mol. The number of aromatic nitrogens is 2. The van der Waals surface area contributed by atoms with E-state index in [1.165, 1.54) is 30.2 Å². The lowest BCUT2D eigenvalue weighted by Gasteiger charge is -2.10. The molecule has 4 rings (SSSR count). The van der Waals surface area contributed by atoms with Gasteiger partial charge >= 0.3 is 5.97 Å². The van der Waals surface area contributed by atoms with Crippen molar-refractivity contribution < 1.29 is 23.8 Å². The maximum absolute atomic E-state index is 12.9. The van der Waals surface area contributed by atoms with Gasteiger partial charge < -0.3 is 19.5 Å². The molecule has 0 fully saturated rings. The molecule has 2 aromatic carbocycles. The summed E-state index contributed by atoms with van der Waals surface area (Å²) in [4.78, 5) is 26.2. The van der Waals surface area contributed by atoms with Crippen LogP contribution in [0.25, 0.3) is 16.3 Å². The number of esters is 1. The molecule has 0 atom stereocenters. The van der Waals surface area contributed by atoms with E-state index in [-0.39, 0.29) is 5.69 Å². The van der Waals surface area contributed by atoms with Crippen LogP contribution in [0.4, 0.5) is 5.69 Å². The Morgan fingerprint density at radius 3 is 2.33 bits per heavy atom. The van der Waals surface area contributed by atoms with Crippen LogP contribution in [0.3, 0.4) is 0 Å². The number of ether oxygens (including phenoxy) is 3. The highest BCUT2D eigenvalue weighted by atomic mass is 32.1. The first-order chi connectivity index (χ1) is 16.1. The van der Waals surface area contributed by atoms with E-state index in [0.29, 0.717) is 28.6 Å². The normalized spacial score (nSPS) is 10.5. The van der Waals surface area contributed by atoms with Gasteiger partial charge in [-0.05, 0) is 23.6 Å². The number of methoxy groups -OCH3 is 2. The van der Waals surface area contributed by atoms with Crippen molar-refractivity contribution in [2.24, 2.45) is 0 Å². The molecule has 4 aromatic rings. The number of para-hydroxylation sites is 1. The molecule has 0 saturated carbocycles. The number of anilines is 1. The highest BCUT2D eigenvalue weighted by Crippen LogP contribution is 2.27. The number of hydrogen-bond acceptors (Lipinski definition) is 7. The molecule has 168 valence electrons. The number of rotatable bonds is 8. The van der Waals surface area contributed by atoms with Gasteiger partial charge in [0, 0.05) is 30.0 Å². The summed E-state index contributed by atoms with van der Waals surface area (Å²) in [5.74, 6) is -0.112. The molecule has 0 aliphatic carbocycles. The lowest BCUT2D eigenvalue weighted by atomic mass is 10.2. The topological polar surface area (TPSA) is 91.7 Å². The van der Waals surface area contributed by atoms with Gasteiger partial charge in [0.25, 0.3) is 5.91 Å². The van der Waals surface area contributed by atoms with Crippen LogP contribution in [-0.2, 0) is 9.53 Å². The number of carbonyl (C=O) groups excluding carboxylic acids is 2. The molecule has 0 spiro atoms. The summed E-state index contributed by atoms with van der Waals surface area (Å²) >= 11 is 1.52. The van der Waals surface area contributed by atoms with Crippen LogP contribution in [0.1, 0.15) is 10.5 Å². The van der Waals surface area contributed by atoms with Crippen molar-refractivity contribution >= 4 is 28.9 Å². The maximum atomic E-state index is 12.9. The van der Waals surface area contributed by atoms with Crippen molar-refractivity contribution in [3.05, 3.63) is 77.8 Å². The van der Waals surface area contributed by atoms with Crippen molar-refractivity contribution in [2.45, 2.75) is 0 Å². The molecule has 2 heterocycles. The van der Waals surface area contributed by atoms with E-state index in [4.69, 9.17) is 14.2 Å². The molecule has 8 nitrogen and oxygen atoms in total. The van der Waals surface area contributed by atoms with E-state index in [0.717, 1.165) is 4.88 Å². The zero-order valence-electron chi connectivity index (χ0n) is 18.0. The van der Waals surface area contributed by atoms with Gasteiger partial charge in [0.05, 0.1) is 24.8 Å². The molecule has 0 bridgehead atoms. The standard InChI is InChI=1S/C24H21N3O5S/c1-30-18-11-16(12-19(13-18)31-2)25-23(28)15-32-24(29)21-14-20(22-9-6-10-33-22)26-27(21)17-7-4-3-5-8-17/h3-14H,15H2,1-2H3,(H,25,28). The Kier molecular flexibility index (Phi) is 6.70. The smallest absolute Gasteiger partial charge is 0.357 e. The Hall–Kier alpha value is -4.11. The first kappa shape index (κ1) is 22.1. The largest absolute Gasteiger partial charge is 0.497 e. The average molecular weight is 464 g/mol. The zero-order valence-corrected chi connectivity index (χ0v) is 18.8. The summed E-state index contributed by atoms with van der Waals surface area (Å²) in [7, 11) is 3.03. The summed E-state index contributed by atoms with van der Waals surface area (Å²) in [6, 6.07) is 19.7. The zero-order chi connectivity index (χ0) is 23.2. The van der Waals surface area contributed by atoms with Gasteiger partial charge in [-0.15, -0.1) is 11.3 Å². The van der Waals surface area contributed by atoms with Crippen molar-refractivity contribution in [1.82, 2.24) is 9.78 Å². The van der Waals surface area contributed by atoms with Crippen LogP contribution in [0.15, 0.2) is 72.1 Å². The molecule has 1 amide bonds. The SMILES string of the molecule is COc1cc(NC(=O)COC(=O)c2cc(-c3cccs3)nn2-c2ccccc2)cc(OC)c1. The fourth-order valence-corrected chi connectivity index (χ4v) is 3.80. The maximum Gasteiger partial charge on any atom is 0.357 e. The van der Waals surface area contributed by atoms with Crippen LogP contribution in [0.2, 0.25) is 0 Å². The van der Waals surface area contributed by atoms with E-state index in [1.807, 2.05) is 47.8 Å². The Bertz CT molecular complexity index is 1230. The quantitative estimate of drug-likeness (QED) is 0.389. The number of carbonyl (C=O) groups is 2. The number of benzene rings is 2. The van der Waals surface area contributed by atoms with Crippen molar-refractivity contribution in [2.75, 3.05) is 26.1 Å². The third-order valence-corrected chi connectivity index (χ3v) is 5.55. The second kappa shape index (κ2) is 10.0. The minimum absolute atomic E-state index is 0.223. The summed E-state index contributed by atoms with van der Waals surface area (Å²) in [6.07, 6.45) is 0. The third kappa shape index (κ3) is 5.21. The second-order valence-electron chi connectivity index (χ2n) is 6.87. The van der Waals surface area contributed by atoms with Crippen molar-refractivity contribution in [3.8, 4) is 27.8 Å². The van der Waals surface area contributed by atoms with Gasteiger partial charge in [-0.25, -0.2) is 9.48 Å². The molecule has 0 aliphatic rings.